The highest BCUT2D eigenvalue weighted by Crippen LogP contribution is 2.52. The molecule has 3 aromatic heterocycles. The van der Waals surface area contributed by atoms with Crippen molar-refractivity contribution < 1.29 is 0 Å². The molecule has 9 aromatic carbocycles. The number of para-hydroxylation sites is 4. The number of rotatable bonds is 6. The predicted octanol–water partition coefficient (Wildman–Crippen LogP) is 15.6. The third-order valence-electron chi connectivity index (χ3n) is 13.7. The first-order chi connectivity index (χ1) is 32.0. The maximum Gasteiger partial charge on any atom is 0.160 e. The topological polar surface area (TPSA) is 35.6 Å². The van der Waals surface area contributed by atoms with E-state index in [0.29, 0.717) is 5.82 Å². The van der Waals surface area contributed by atoms with Crippen LogP contribution in [0.1, 0.15) is 25.0 Å². The van der Waals surface area contributed by atoms with Gasteiger partial charge in [0.05, 0.1) is 33.5 Å². The highest BCUT2D eigenvalue weighted by molar-refractivity contribution is 6.11. The zero-order chi connectivity index (χ0) is 43.2. The molecular weight excluding hydrogens is 789 g/mol. The van der Waals surface area contributed by atoms with Gasteiger partial charge in [-0.05, 0) is 88.0 Å². The molecule has 0 amide bonds. The molecule has 0 saturated carbocycles. The predicted molar refractivity (Wildman–Crippen MR) is 270 cm³/mol. The van der Waals surface area contributed by atoms with E-state index in [1.165, 1.54) is 49.4 Å². The first kappa shape index (κ1) is 37.2. The quantitative estimate of drug-likeness (QED) is 0.167. The summed E-state index contributed by atoms with van der Waals surface area (Å²) >= 11 is 0. The lowest BCUT2D eigenvalue weighted by Crippen LogP contribution is -2.14. The molecule has 4 heteroatoms. The summed E-state index contributed by atoms with van der Waals surface area (Å²) in [7, 11) is 0. The number of hydrogen-bond donors (Lipinski definition) is 0. The summed E-state index contributed by atoms with van der Waals surface area (Å²) in [5.74, 6) is 0.678. The number of fused-ring (bicyclic) bond motifs is 9. The summed E-state index contributed by atoms with van der Waals surface area (Å²) < 4.78 is 4.82. The third kappa shape index (κ3) is 5.77. The number of benzene rings is 9. The van der Waals surface area contributed by atoms with Gasteiger partial charge in [0.2, 0.25) is 0 Å². The molecule has 0 bridgehead atoms. The Morgan fingerprint density at radius 3 is 1.38 bits per heavy atom. The molecule has 0 spiro atoms. The molecule has 12 aromatic rings. The zero-order valence-electron chi connectivity index (χ0n) is 36.1. The fourth-order valence-electron chi connectivity index (χ4n) is 10.7. The lowest BCUT2D eigenvalue weighted by molar-refractivity contribution is 0.660. The molecule has 4 nitrogen and oxygen atoms in total. The van der Waals surface area contributed by atoms with Crippen LogP contribution >= 0.6 is 0 Å². The first-order valence-electron chi connectivity index (χ1n) is 22.4. The van der Waals surface area contributed by atoms with Crippen LogP contribution in [0.25, 0.3) is 111 Å². The zero-order valence-corrected chi connectivity index (χ0v) is 36.1. The molecule has 0 N–H and O–H groups in total. The molecule has 65 heavy (non-hydrogen) atoms. The van der Waals surface area contributed by atoms with Gasteiger partial charge in [0.25, 0.3) is 0 Å². The maximum absolute atomic E-state index is 5.53. The van der Waals surface area contributed by atoms with Gasteiger partial charge in [0.15, 0.2) is 5.82 Å². The summed E-state index contributed by atoms with van der Waals surface area (Å²) in [6.07, 6.45) is 0. The molecule has 306 valence electrons. The second-order valence-electron chi connectivity index (χ2n) is 17.8. The van der Waals surface area contributed by atoms with Gasteiger partial charge in [-0.2, -0.15) is 0 Å². The van der Waals surface area contributed by atoms with Crippen molar-refractivity contribution in [1.29, 1.82) is 0 Å². The minimum Gasteiger partial charge on any atom is -0.309 e. The SMILES string of the molecule is CC1(C)c2ccccc2-c2c(-c3cccc(-c4nc(-c5ccccc5)cc(-c5cc(-n6c7ccccc7c7ccccc76)cc(-n6c7ccccc7c7ccccc76)c5)n4)c3)cccc21. The van der Waals surface area contributed by atoms with Crippen molar-refractivity contribution in [2.45, 2.75) is 19.3 Å². The van der Waals surface area contributed by atoms with Crippen LogP contribution in [0.2, 0.25) is 0 Å². The Labute approximate surface area is 377 Å². The summed E-state index contributed by atoms with van der Waals surface area (Å²) in [6, 6.07) is 78.9. The minimum absolute atomic E-state index is 0.0899. The molecule has 0 atom stereocenters. The average Bonchev–Trinajstić information content (AvgIpc) is 3.97. The molecular formula is C61H42N4. The molecule has 0 aliphatic heterocycles. The van der Waals surface area contributed by atoms with Gasteiger partial charge >= 0.3 is 0 Å². The highest BCUT2D eigenvalue weighted by Gasteiger charge is 2.36. The molecule has 1 aliphatic carbocycles. The van der Waals surface area contributed by atoms with E-state index in [9.17, 15) is 0 Å². The van der Waals surface area contributed by atoms with E-state index >= 15 is 0 Å². The Kier molecular flexibility index (Phi) is 8.22. The number of hydrogen-bond acceptors (Lipinski definition) is 2. The Morgan fingerprint density at radius 1 is 0.338 bits per heavy atom. The van der Waals surface area contributed by atoms with Crippen molar-refractivity contribution in [3.8, 4) is 67.5 Å². The average molecular weight is 831 g/mol. The second kappa shape index (κ2) is 14.3. The van der Waals surface area contributed by atoms with E-state index in [1.807, 2.05) is 0 Å². The maximum atomic E-state index is 5.53. The van der Waals surface area contributed by atoms with Gasteiger partial charge in [-0.25, -0.2) is 9.97 Å². The lowest BCUT2D eigenvalue weighted by Gasteiger charge is -2.21. The van der Waals surface area contributed by atoms with Gasteiger partial charge in [-0.3, -0.25) is 0 Å². The minimum atomic E-state index is -0.0899. The van der Waals surface area contributed by atoms with E-state index < -0.39 is 0 Å². The van der Waals surface area contributed by atoms with Gasteiger partial charge in [0.1, 0.15) is 0 Å². The fraction of sp³-hybridized carbons (Fsp3) is 0.0492. The summed E-state index contributed by atoms with van der Waals surface area (Å²) in [5, 5.41) is 4.88. The van der Waals surface area contributed by atoms with E-state index in [-0.39, 0.29) is 5.41 Å². The van der Waals surface area contributed by atoms with Crippen molar-refractivity contribution >= 4 is 43.6 Å². The Hall–Kier alpha value is -8.34. The van der Waals surface area contributed by atoms with Crippen LogP contribution in [0.5, 0.6) is 0 Å². The molecule has 13 rings (SSSR count). The second-order valence-corrected chi connectivity index (χ2v) is 17.8. The van der Waals surface area contributed by atoms with Crippen molar-refractivity contribution in [2.24, 2.45) is 0 Å². The van der Waals surface area contributed by atoms with Crippen LogP contribution in [0.3, 0.4) is 0 Å². The number of nitrogens with zero attached hydrogens (tertiary/aromatic N) is 4. The first-order valence-corrected chi connectivity index (χ1v) is 22.4. The molecule has 0 fully saturated rings. The standard InChI is InChI=1S/C61H42N4/c1-61(2)51-28-11-6-26-50(51)59-45(27-17-29-52(59)61)40-20-16-21-41(34-40)60-62-53(39-18-4-3-5-19-39)38-54(63-60)42-35-43(64-55-30-12-7-22-46(55)47-23-8-13-31-56(47)64)37-44(36-42)65-57-32-14-9-24-48(57)49-25-10-15-33-58(49)65/h3-38H,1-2H3. The molecule has 0 saturated heterocycles. The molecule has 3 heterocycles. The van der Waals surface area contributed by atoms with Gasteiger partial charge < -0.3 is 9.13 Å². The van der Waals surface area contributed by atoms with Crippen LogP contribution in [0.4, 0.5) is 0 Å². The van der Waals surface area contributed by atoms with Crippen molar-refractivity contribution in [2.75, 3.05) is 0 Å². The van der Waals surface area contributed by atoms with Gasteiger partial charge in [-0.1, -0.05) is 178 Å². The van der Waals surface area contributed by atoms with Crippen molar-refractivity contribution in [1.82, 2.24) is 19.1 Å². The van der Waals surface area contributed by atoms with Crippen molar-refractivity contribution in [3.63, 3.8) is 0 Å². The molecule has 1 aliphatic rings. The highest BCUT2D eigenvalue weighted by atomic mass is 15.0. The fourth-order valence-corrected chi connectivity index (χ4v) is 10.7. The van der Waals surface area contributed by atoms with Gasteiger partial charge in [-0.15, -0.1) is 0 Å². The van der Waals surface area contributed by atoms with E-state index in [1.54, 1.807) is 0 Å². The lowest BCUT2D eigenvalue weighted by atomic mass is 9.82. The van der Waals surface area contributed by atoms with Crippen LogP contribution in [0.15, 0.2) is 218 Å². The van der Waals surface area contributed by atoms with Gasteiger partial charge in [0, 0.05) is 55.0 Å². The Balaban J connectivity index is 1.06. The normalized spacial score (nSPS) is 12.9. The molecule has 0 unspecified atom stereocenters. The van der Waals surface area contributed by atoms with E-state index in [2.05, 4.69) is 241 Å². The summed E-state index contributed by atoms with van der Waals surface area (Å²) in [5.41, 5.74) is 19.1. The van der Waals surface area contributed by atoms with E-state index in [4.69, 9.17) is 9.97 Å². The monoisotopic (exact) mass is 830 g/mol. The summed E-state index contributed by atoms with van der Waals surface area (Å²) in [6.45, 7) is 4.68. The van der Waals surface area contributed by atoms with Crippen LogP contribution in [-0.2, 0) is 5.41 Å². The van der Waals surface area contributed by atoms with Crippen LogP contribution < -0.4 is 0 Å². The largest absolute Gasteiger partial charge is 0.309 e. The van der Waals surface area contributed by atoms with Crippen LogP contribution in [-0.4, -0.2) is 19.1 Å². The van der Waals surface area contributed by atoms with Crippen molar-refractivity contribution in [3.05, 3.63) is 230 Å². The Morgan fingerprint density at radius 2 is 0.785 bits per heavy atom. The Bertz CT molecular complexity index is 3630. The third-order valence-corrected chi connectivity index (χ3v) is 13.7. The molecule has 0 radical (unpaired) electrons. The number of aromatic nitrogens is 4. The van der Waals surface area contributed by atoms with E-state index in [0.717, 1.165) is 67.1 Å². The smallest absolute Gasteiger partial charge is 0.160 e. The summed E-state index contributed by atoms with van der Waals surface area (Å²) in [4.78, 5) is 10.9. The van der Waals surface area contributed by atoms with Crippen LogP contribution in [0, 0.1) is 0 Å².